The molecule has 0 saturated carbocycles. The molecule has 0 spiro atoms. The number of para-hydroxylation sites is 1. The number of nitrogens with one attached hydrogen (secondary N) is 1. The third-order valence-electron chi connectivity index (χ3n) is 5.48. The lowest BCUT2D eigenvalue weighted by molar-refractivity contribution is -0.113. The lowest BCUT2D eigenvalue weighted by Gasteiger charge is -2.19. The number of fused-ring (bicyclic) bond motifs is 2. The summed E-state index contributed by atoms with van der Waals surface area (Å²) >= 11 is 1.18. The van der Waals surface area contributed by atoms with E-state index in [-0.39, 0.29) is 17.2 Å². The molecule has 2 heterocycles. The number of thioether (sulfide) groups is 1. The molecule has 5 rings (SSSR count). The largest absolute Gasteiger partial charge is 0.495 e. The van der Waals surface area contributed by atoms with Crippen LogP contribution in [0, 0.1) is 6.92 Å². The van der Waals surface area contributed by atoms with Gasteiger partial charge >= 0.3 is 0 Å². The first-order valence-corrected chi connectivity index (χ1v) is 12.0. The smallest absolute Gasteiger partial charge is 0.266 e. The van der Waals surface area contributed by atoms with Gasteiger partial charge in [-0.05, 0) is 48.9 Å². The second-order valence-corrected chi connectivity index (χ2v) is 8.87. The molecular formula is C26H23N3O5S. The third-order valence-corrected chi connectivity index (χ3v) is 6.42. The van der Waals surface area contributed by atoms with Crippen LogP contribution in [0.15, 0.2) is 70.6 Å². The van der Waals surface area contributed by atoms with Gasteiger partial charge in [-0.2, -0.15) is 0 Å². The van der Waals surface area contributed by atoms with Crippen LogP contribution < -0.4 is 25.1 Å². The zero-order chi connectivity index (χ0) is 24.4. The molecule has 0 fully saturated rings. The fraction of sp³-hybridized carbons (Fsp3) is 0.192. The second-order valence-electron chi connectivity index (χ2n) is 7.92. The predicted octanol–water partition coefficient (Wildman–Crippen LogP) is 4.20. The summed E-state index contributed by atoms with van der Waals surface area (Å²) in [5.74, 6) is 1.60. The number of benzene rings is 3. The first kappa shape index (κ1) is 22.8. The molecular weight excluding hydrogens is 466 g/mol. The Morgan fingerprint density at radius 3 is 2.71 bits per heavy atom. The Morgan fingerprint density at radius 1 is 1.09 bits per heavy atom. The van der Waals surface area contributed by atoms with E-state index in [1.54, 1.807) is 43.5 Å². The van der Waals surface area contributed by atoms with Crippen molar-refractivity contribution in [3.63, 3.8) is 0 Å². The van der Waals surface area contributed by atoms with Crippen molar-refractivity contribution < 1.29 is 19.0 Å². The number of rotatable bonds is 6. The highest BCUT2D eigenvalue weighted by Gasteiger charge is 2.18. The Balaban J connectivity index is 1.46. The van der Waals surface area contributed by atoms with Gasteiger partial charge < -0.3 is 19.5 Å². The molecule has 0 bridgehead atoms. The number of carbonyl (C=O) groups is 1. The van der Waals surface area contributed by atoms with E-state index in [4.69, 9.17) is 19.2 Å². The first-order chi connectivity index (χ1) is 17.0. The van der Waals surface area contributed by atoms with E-state index >= 15 is 0 Å². The summed E-state index contributed by atoms with van der Waals surface area (Å²) in [5, 5.41) is 3.76. The SMILES string of the molecule is COc1ccc(C)cc1-n1c(SCC(=O)Nc2ccc3c(c2)OCCO3)nc2ccccc2c1=O. The van der Waals surface area contributed by atoms with Crippen LogP contribution in [0.5, 0.6) is 17.2 Å². The van der Waals surface area contributed by atoms with E-state index in [2.05, 4.69) is 5.32 Å². The fourth-order valence-electron chi connectivity index (χ4n) is 3.84. The normalized spacial score (nSPS) is 12.4. The molecule has 1 aliphatic rings. The van der Waals surface area contributed by atoms with E-state index in [9.17, 15) is 9.59 Å². The van der Waals surface area contributed by atoms with Crippen LogP contribution in [-0.2, 0) is 4.79 Å². The van der Waals surface area contributed by atoms with Crippen molar-refractivity contribution in [3.8, 4) is 22.9 Å². The molecule has 9 heteroatoms. The number of anilines is 1. The minimum atomic E-state index is -0.239. The van der Waals surface area contributed by atoms with E-state index in [0.717, 1.165) is 5.56 Å². The number of hydrogen-bond donors (Lipinski definition) is 1. The maximum absolute atomic E-state index is 13.5. The molecule has 1 N–H and O–H groups in total. The summed E-state index contributed by atoms with van der Waals surface area (Å²) in [6, 6.07) is 18.0. The Morgan fingerprint density at radius 2 is 1.89 bits per heavy atom. The Kier molecular flexibility index (Phi) is 6.33. The molecule has 3 aromatic carbocycles. The molecule has 1 aromatic heterocycles. The standard InChI is InChI=1S/C26H23N3O5S/c1-16-7-9-21(32-2)20(13-16)29-25(31)18-5-3-4-6-19(18)28-26(29)35-15-24(30)27-17-8-10-22-23(14-17)34-12-11-33-22/h3-10,13-14H,11-12,15H2,1-2H3,(H,27,30). The number of hydrogen-bond acceptors (Lipinski definition) is 7. The Hall–Kier alpha value is -3.98. The van der Waals surface area contributed by atoms with Crippen molar-refractivity contribution in [3.05, 3.63) is 76.6 Å². The summed E-state index contributed by atoms with van der Waals surface area (Å²) in [6.45, 7) is 2.91. The van der Waals surface area contributed by atoms with E-state index in [1.165, 1.54) is 16.3 Å². The van der Waals surface area contributed by atoms with Gasteiger partial charge in [-0.3, -0.25) is 14.2 Å². The van der Waals surface area contributed by atoms with Gasteiger partial charge in [0.2, 0.25) is 5.91 Å². The predicted molar refractivity (Wildman–Crippen MR) is 135 cm³/mol. The zero-order valence-electron chi connectivity index (χ0n) is 19.2. The number of aromatic nitrogens is 2. The average molecular weight is 490 g/mol. The molecule has 35 heavy (non-hydrogen) atoms. The number of aryl methyl sites for hydroxylation is 1. The fourth-order valence-corrected chi connectivity index (χ4v) is 4.65. The van der Waals surface area contributed by atoms with Gasteiger partial charge in [0.25, 0.3) is 5.56 Å². The van der Waals surface area contributed by atoms with Gasteiger partial charge in [0.1, 0.15) is 19.0 Å². The molecule has 4 aromatic rings. The minimum Gasteiger partial charge on any atom is -0.495 e. The van der Waals surface area contributed by atoms with Crippen LogP contribution in [0.4, 0.5) is 5.69 Å². The van der Waals surface area contributed by atoms with Crippen molar-refractivity contribution in [1.82, 2.24) is 9.55 Å². The molecule has 0 aliphatic carbocycles. The minimum absolute atomic E-state index is 0.0490. The van der Waals surface area contributed by atoms with E-state index < -0.39 is 0 Å². The van der Waals surface area contributed by atoms with Gasteiger partial charge in [0.05, 0.1) is 29.5 Å². The van der Waals surface area contributed by atoms with Crippen molar-refractivity contribution in [2.45, 2.75) is 12.1 Å². The van der Waals surface area contributed by atoms with Gasteiger partial charge in [0.15, 0.2) is 16.7 Å². The Bertz CT molecular complexity index is 1480. The summed E-state index contributed by atoms with van der Waals surface area (Å²) in [6.07, 6.45) is 0. The molecule has 1 aliphatic heterocycles. The monoisotopic (exact) mass is 489 g/mol. The van der Waals surface area contributed by atoms with Gasteiger partial charge in [0, 0.05) is 11.8 Å². The number of nitrogens with zero attached hydrogens (tertiary/aromatic N) is 2. The van der Waals surface area contributed by atoms with E-state index in [1.807, 2.05) is 31.2 Å². The van der Waals surface area contributed by atoms with Crippen LogP contribution >= 0.6 is 11.8 Å². The number of methoxy groups -OCH3 is 1. The van der Waals surface area contributed by atoms with Crippen LogP contribution in [-0.4, -0.2) is 41.5 Å². The molecule has 0 unspecified atom stereocenters. The summed E-state index contributed by atoms with van der Waals surface area (Å²) in [7, 11) is 1.56. The first-order valence-electron chi connectivity index (χ1n) is 11.0. The molecule has 0 saturated heterocycles. The van der Waals surface area contributed by atoms with Gasteiger partial charge in [-0.15, -0.1) is 0 Å². The molecule has 1 amide bonds. The maximum atomic E-state index is 13.5. The summed E-state index contributed by atoms with van der Waals surface area (Å²) in [4.78, 5) is 31.0. The highest BCUT2D eigenvalue weighted by molar-refractivity contribution is 7.99. The van der Waals surface area contributed by atoms with Crippen LogP contribution in [0.1, 0.15) is 5.56 Å². The third kappa shape index (κ3) is 4.67. The molecule has 8 nitrogen and oxygen atoms in total. The summed E-state index contributed by atoms with van der Waals surface area (Å²) in [5.41, 5.74) is 2.48. The van der Waals surface area contributed by atoms with Gasteiger partial charge in [-0.1, -0.05) is 30.0 Å². The van der Waals surface area contributed by atoms with Crippen LogP contribution in [0.3, 0.4) is 0 Å². The topological polar surface area (TPSA) is 91.7 Å². The number of ether oxygens (including phenoxy) is 3. The van der Waals surface area contributed by atoms with Crippen molar-refractivity contribution in [1.29, 1.82) is 0 Å². The lowest BCUT2D eigenvalue weighted by Crippen LogP contribution is -2.23. The maximum Gasteiger partial charge on any atom is 0.266 e. The lowest BCUT2D eigenvalue weighted by atomic mass is 10.2. The zero-order valence-corrected chi connectivity index (χ0v) is 20.1. The summed E-state index contributed by atoms with van der Waals surface area (Å²) < 4.78 is 18.1. The average Bonchev–Trinajstić information content (AvgIpc) is 2.87. The molecule has 0 atom stereocenters. The van der Waals surface area contributed by atoms with Crippen molar-refractivity contribution >= 4 is 34.3 Å². The molecule has 0 radical (unpaired) electrons. The highest BCUT2D eigenvalue weighted by atomic mass is 32.2. The van der Waals surface area contributed by atoms with E-state index in [0.29, 0.717) is 57.9 Å². The van der Waals surface area contributed by atoms with Crippen LogP contribution in [0.2, 0.25) is 0 Å². The number of carbonyl (C=O) groups excluding carboxylic acids is 1. The van der Waals surface area contributed by atoms with Crippen molar-refractivity contribution in [2.75, 3.05) is 31.4 Å². The number of amides is 1. The highest BCUT2D eigenvalue weighted by Crippen LogP contribution is 2.33. The molecule has 178 valence electrons. The van der Waals surface area contributed by atoms with Gasteiger partial charge in [-0.25, -0.2) is 4.98 Å². The second kappa shape index (κ2) is 9.71. The van der Waals surface area contributed by atoms with Crippen LogP contribution in [0.25, 0.3) is 16.6 Å². The quantitative estimate of drug-likeness (QED) is 0.321. The van der Waals surface area contributed by atoms with Crippen molar-refractivity contribution in [2.24, 2.45) is 0 Å². The Labute approximate surface area is 205 Å².